The van der Waals surface area contributed by atoms with Crippen LogP contribution in [0.1, 0.15) is 41.9 Å². The molecule has 0 radical (unpaired) electrons. The van der Waals surface area contributed by atoms with Crippen molar-refractivity contribution < 1.29 is 9.53 Å². The number of aryl methyl sites for hydroxylation is 1. The fourth-order valence-corrected chi connectivity index (χ4v) is 1.94. The van der Waals surface area contributed by atoms with Crippen LogP contribution in [0.3, 0.4) is 0 Å². The molecule has 0 bridgehead atoms. The molecular formula is C11H16O2S. The van der Waals surface area contributed by atoms with Crippen LogP contribution >= 0.6 is 11.3 Å². The number of thiophene rings is 1. The lowest BCUT2D eigenvalue weighted by Gasteiger charge is -2.00. The fraction of sp³-hybridized carbons (Fsp3) is 0.545. The van der Waals surface area contributed by atoms with Gasteiger partial charge in [0.25, 0.3) is 0 Å². The number of esters is 1. The van der Waals surface area contributed by atoms with Gasteiger partial charge in [-0.2, -0.15) is 0 Å². The van der Waals surface area contributed by atoms with Crippen LogP contribution in [0.25, 0.3) is 0 Å². The van der Waals surface area contributed by atoms with Crippen molar-refractivity contribution in [3.05, 3.63) is 21.9 Å². The van der Waals surface area contributed by atoms with E-state index >= 15 is 0 Å². The first-order valence-corrected chi connectivity index (χ1v) is 5.90. The largest absolute Gasteiger partial charge is 0.462 e. The van der Waals surface area contributed by atoms with E-state index in [0.29, 0.717) is 6.61 Å². The number of unbranched alkanes of at least 4 members (excludes halogenated alkanes) is 1. The molecule has 0 aliphatic carbocycles. The molecule has 0 unspecified atom stereocenters. The molecule has 14 heavy (non-hydrogen) atoms. The minimum atomic E-state index is -0.178. The Morgan fingerprint density at radius 2 is 2.29 bits per heavy atom. The van der Waals surface area contributed by atoms with Crippen LogP contribution in [0.4, 0.5) is 0 Å². The molecule has 0 amide bonds. The van der Waals surface area contributed by atoms with Gasteiger partial charge < -0.3 is 4.74 Å². The first kappa shape index (κ1) is 11.2. The number of rotatable bonds is 5. The van der Waals surface area contributed by atoms with Gasteiger partial charge in [-0.15, -0.1) is 11.3 Å². The van der Waals surface area contributed by atoms with E-state index in [1.54, 1.807) is 0 Å². The second-order valence-corrected chi connectivity index (χ2v) is 4.07. The number of ether oxygens (including phenoxy) is 1. The van der Waals surface area contributed by atoms with Crippen LogP contribution in [0.5, 0.6) is 0 Å². The zero-order valence-corrected chi connectivity index (χ0v) is 9.52. The lowest BCUT2D eigenvalue weighted by molar-refractivity contribution is 0.0505. The Morgan fingerprint density at radius 1 is 1.50 bits per heavy atom. The Kier molecular flexibility index (Phi) is 4.66. The molecule has 0 aliphatic rings. The van der Waals surface area contributed by atoms with Crippen molar-refractivity contribution >= 4 is 17.3 Å². The first-order chi connectivity index (χ1) is 6.77. The van der Waals surface area contributed by atoms with E-state index in [2.05, 4.69) is 13.8 Å². The van der Waals surface area contributed by atoms with Crippen molar-refractivity contribution in [2.45, 2.75) is 33.1 Å². The smallest absolute Gasteiger partial charge is 0.348 e. The summed E-state index contributed by atoms with van der Waals surface area (Å²) in [4.78, 5) is 12.2. The van der Waals surface area contributed by atoms with Gasteiger partial charge in [0.1, 0.15) is 4.88 Å². The minimum Gasteiger partial charge on any atom is -0.462 e. The van der Waals surface area contributed by atoms with Gasteiger partial charge in [0.2, 0.25) is 0 Å². The Labute approximate surface area is 88.9 Å². The Morgan fingerprint density at radius 3 is 2.86 bits per heavy atom. The molecule has 0 atom stereocenters. The van der Waals surface area contributed by atoms with Crippen molar-refractivity contribution in [2.75, 3.05) is 6.61 Å². The number of carbonyl (C=O) groups excluding carboxylic acids is 1. The van der Waals surface area contributed by atoms with Crippen LogP contribution in [-0.2, 0) is 11.2 Å². The molecule has 0 N–H and O–H groups in total. The standard InChI is InChI=1S/C11H16O2S/c1-3-5-6-13-11(12)10-7-9(4-2)8-14-10/h7-8H,3-6H2,1-2H3. The van der Waals surface area contributed by atoms with E-state index in [-0.39, 0.29) is 5.97 Å². The monoisotopic (exact) mass is 212 g/mol. The summed E-state index contributed by atoms with van der Waals surface area (Å²) in [5, 5.41) is 2.01. The van der Waals surface area contributed by atoms with E-state index in [1.807, 2.05) is 11.4 Å². The maximum Gasteiger partial charge on any atom is 0.348 e. The van der Waals surface area contributed by atoms with E-state index < -0.39 is 0 Å². The quantitative estimate of drug-likeness (QED) is 0.553. The van der Waals surface area contributed by atoms with E-state index in [4.69, 9.17) is 4.74 Å². The summed E-state index contributed by atoms with van der Waals surface area (Å²) in [6, 6.07) is 1.92. The van der Waals surface area contributed by atoms with Crippen LogP contribution in [0.2, 0.25) is 0 Å². The molecule has 0 aliphatic heterocycles. The van der Waals surface area contributed by atoms with Crippen LogP contribution in [0.15, 0.2) is 11.4 Å². The van der Waals surface area contributed by atoms with Crippen LogP contribution in [0, 0.1) is 0 Å². The second kappa shape index (κ2) is 5.81. The molecule has 78 valence electrons. The third kappa shape index (κ3) is 3.14. The maximum absolute atomic E-state index is 11.4. The van der Waals surface area contributed by atoms with Crippen LogP contribution in [-0.4, -0.2) is 12.6 Å². The summed E-state index contributed by atoms with van der Waals surface area (Å²) in [5.41, 5.74) is 1.21. The maximum atomic E-state index is 11.4. The van der Waals surface area contributed by atoms with Gasteiger partial charge in [-0.3, -0.25) is 0 Å². The first-order valence-electron chi connectivity index (χ1n) is 5.02. The summed E-state index contributed by atoms with van der Waals surface area (Å²) in [6.07, 6.45) is 2.97. The number of carbonyl (C=O) groups is 1. The fourth-order valence-electron chi connectivity index (χ4n) is 1.05. The molecule has 0 aromatic carbocycles. The Balaban J connectivity index is 2.44. The van der Waals surface area contributed by atoms with Gasteiger partial charge >= 0.3 is 5.97 Å². The highest BCUT2D eigenvalue weighted by Gasteiger charge is 2.09. The summed E-state index contributed by atoms with van der Waals surface area (Å²) in [6.45, 7) is 4.69. The highest BCUT2D eigenvalue weighted by atomic mass is 32.1. The highest BCUT2D eigenvalue weighted by molar-refractivity contribution is 7.12. The van der Waals surface area contributed by atoms with Crippen molar-refractivity contribution in [1.29, 1.82) is 0 Å². The Hall–Kier alpha value is -0.830. The van der Waals surface area contributed by atoms with Gasteiger partial charge in [0.05, 0.1) is 6.61 Å². The van der Waals surface area contributed by atoms with E-state index in [0.717, 1.165) is 24.1 Å². The molecule has 2 nitrogen and oxygen atoms in total. The summed E-state index contributed by atoms with van der Waals surface area (Å²) >= 11 is 1.47. The van der Waals surface area contributed by atoms with Gasteiger partial charge in [-0.05, 0) is 29.9 Å². The zero-order valence-electron chi connectivity index (χ0n) is 8.71. The SMILES string of the molecule is CCCCOC(=O)c1cc(CC)cs1. The van der Waals surface area contributed by atoms with E-state index in [1.165, 1.54) is 16.9 Å². The minimum absolute atomic E-state index is 0.178. The molecule has 3 heteroatoms. The lowest BCUT2D eigenvalue weighted by atomic mass is 10.2. The van der Waals surface area contributed by atoms with Crippen LogP contribution < -0.4 is 0 Å². The third-order valence-electron chi connectivity index (χ3n) is 1.99. The van der Waals surface area contributed by atoms with Crippen molar-refractivity contribution in [2.24, 2.45) is 0 Å². The topological polar surface area (TPSA) is 26.3 Å². The summed E-state index contributed by atoms with van der Waals surface area (Å²) in [7, 11) is 0. The van der Waals surface area contributed by atoms with Crippen molar-refractivity contribution in [3.63, 3.8) is 0 Å². The van der Waals surface area contributed by atoms with Gasteiger partial charge in [-0.1, -0.05) is 20.3 Å². The molecule has 1 aromatic heterocycles. The van der Waals surface area contributed by atoms with Crippen molar-refractivity contribution in [1.82, 2.24) is 0 Å². The summed E-state index contributed by atoms with van der Waals surface area (Å²) < 4.78 is 5.10. The molecular weight excluding hydrogens is 196 g/mol. The zero-order chi connectivity index (χ0) is 10.4. The highest BCUT2D eigenvalue weighted by Crippen LogP contribution is 2.16. The van der Waals surface area contributed by atoms with E-state index in [9.17, 15) is 4.79 Å². The average Bonchev–Trinajstić information content (AvgIpc) is 2.66. The van der Waals surface area contributed by atoms with Crippen molar-refractivity contribution in [3.8, 4) is 0 Å². The molecule has 1 aromatic rings. The molecule has 0 fully saturated rings. The van der Waals surface area contributed by atoms with Gasteiger partial charge in [0.15, 0.2) is 0 Å². The second-order valence-electron chi connectivity index (χ2n) is 3.16. The molecule has 0 saturated heterocycles. The normalized spacial score (nSPS) is 10.1. The molecule has 1 heterocycles. The average molecular weight is 212 g/mol. The summed E-state index contributed by atoms with van der Waals surface area (Å²) in [5.74, 6) is -0.178. The molecule has 0 saturated carbocycles. The number of hydrogen-bond acceptors (Lipinski definition) is 3. The predicted molar refractivity (Wildman–Crippen MR) is 58.9 cm³/mol. The third-order valence-corrected chi connectivity index (χ3v) is 2.95. The predicted octanol–water partition coefficient (Wildman–Crippen LogP) is 3.27. The van der Waals surface area contributed by atoms with Gasteiger partial charge in [0, 0.05) is 0 Å². The molecule has 0 spiro atoms. The lowest BCUT2D eigenvalue weighted by Crippen LogP contribution is -2.04. The Bertz CT molecular complexity index is 291. The van der Waals surface area contributed by atoms with Gasteiger partial charge in [-0.25, -0.2) is 4.79 Å². The number of hydrogen-bond donors (Lipinski definition) is 0. The molecule has 1 rings (SSSR count).